The predicted molar refractivity (Wildman–Crippen MR) is 92.0 cm³/mol. The van der Waals surface area contributed by atoms with Crippen molar-refractivity contribution in [2.24, 2.45) is 0 Å². The van der Waals surface area contributed by atoms with Crippen LogP contribution in [0.2, 0.25) is 0 Å². The van der Waals surface area contributed by atoms with E-state index in [-0.39, 0.29) is 5.91 Å². The molecule has 4 nitrogen and oxygen atoms in total. The first-order valence-corrected chi connectivity index (χ1v) is 8.51. The molecule has 0 saturated carbocycles. The average Bonchev–Trinajstić information content (AvgIpc) is 3.19. The van der Waals surface area contributed by atoms with Gasteiger partial charge in [-0.3, -0.25) is 9.48 Å². The number of carbonyl (C=O) groups excluding carboxylic acids is 1. The third-order valence-electron chi connectivity index (χ3n) is 3.15. The van der Waals surface area contributed by atoms with Crippen molar-refractivity contribution in [3.63, 3.8) is 0 Å². The summed E-state index contributed by atoms with van der Waals surface area (Å²) >= 11 is 5.02. The van der Waals surface area contributed by atoms with Crippen LogP contribution < -0.4 is 5.32 Å². The van der Waals surface area contributed by atoms with Crippen LogP contribution in [0.15, 0.2) is 58.5 Å². The number of thiophene rings is 1. The maximum absolute atomic E-state index is 12.0. The Morgan fingerprint density at radius 2 is 2.05 bits per heavy atom. The minimum atomic E-state index is -0.0712. The fourth-order valence-corrected chi connectivity index (χ4v) is 2.98. The fraction of sp³-hybridized carbons (Fsp3) is 0.125. The molecule has 3 rings (SSSR count). The van der Waals surface area contributed by atoms with Gasteiger partial charge in [0.15, 0.2) is 0 Å². The van der Waals surface area contributed by atoms with Gasteiger partial charge in [-0.25, -0.2) is 0 Å². The van der Waals surface area contributed by atoms with Crippen LogP contribution in [0.1, 0.15) is 10.4 Å². The topological polar surface area (TPSA) is 46.9 Å². The van der Waals surface area contributed by atoms with Crippen molar-refractivity contribution in [3.8, 4) is 10.6 Å². The lowest BCUT2D eigenvalue weighted by atomic mass is 10.2. The molecule has 112 valence electrons. The number of rotatable bonds is 5. The zero-order chi connectivity index (χ0) is 15.4. The van der Waals surface area contributed by atoms with Gasteiger partial charge in [-0.1, -0.05) is 22.0 Å². The highest BCUT2D eigenvalue weighted by Gasteiger charge is 2.06. The summed E-state index contributed by atoms with van der Waals surface area (Å²) in [5.74, 6) is -0.0712. The Morgan fingerprint density at radius 3 is 2.77 bits per heavy atom. The van der Waals surface area contributed by atoms with Gasteiger partial charge in [0.05, 0.1) is 11.4 Å². The Kier molecular flexibility index (Phi) is 4.70. The lowest BCUT2D eigenvalue weighted by Gasteiger charge is -2.05. The number of nitrogens with zero attached hydrogens (tertiary/aromatic N) is 2. The molecule has 2 aromatic heterocycles. The van der Waals surface area contributed by atoms with Crippen molar-refractivity contribution >= 4 is 33.2 Å². The number of nitrogens with one attached hydrogen (secondary N) is 1. The molecular formula is C16H14BrN3OS. The van der Waals surface area contributed by atoms with Crippen LogP contribution >= 0.6 is 27.3 Å². The highest BCUT2D eigenvalue weighted by molar-refractivity contribution is 9.10. The van der Waals surface area contributed by atoms with Gasteiger partial charge in [0.1, 0.15) is 5.69 Å². The van der Waals surface area contributed by atoms with E-state index in [4.69, 9.17) is 0 Å². The quantitative estimate of drug-likeness (QED) is 0.736. The molecule has 0 aliphatic carbocycles. The summed E-state index contributed by atoms with van der Waals surface area (Å²) in [5.41, 5.74) is 1.62. The van der Waals surface area contributed by atoms with Crippen LogP contribution in [0.3, 0.4) is 0 Å². The Balaban J connectivity index is 1.53. The Hall–Kier alpha value is -1.92. The molecule has 6 heteroatoms. The molecule has 0 atom stereocenters. The summed E-state index contributed by atoms with van der Waals surface area (Å²) in [7, 11) is 0. The lowest BCUT2D eigenvalue weighted by molar-refractivity contribution is 0.0952. The van der Waals surface area contributed by atoms with Crippen molar-refractivity contribution in [3.05, 3.63) is 64.1 Å². The molecule has 0 bridgehead atoms. The first kappa shape index (κ1) is 15.0. The standard InChI is InChI=1S/C16H14BrN3OS/c17-13-5-3-12(4-6-13)16(21)18-8-10-20-9-7-14(19-20)15-2-1-11-22-15/h1-7,9,11H,8,10H2,(H,18,21). The zero-order valence-corrected chi connectivity index (χ0v) is 14.1. The van der Waals surface area contributed by atoms with Crippen LogP contribution in [-0.4, -0.2) is 22.2 Å². The van der Waals surface area contributed by atoms with Gasteiger partial charge in [0, 0.05) is 22.8 Å². The van der Waals surface area contributed by atoms with Crippen molar-refractivity contribution in [1.29, 1.82) is 0 Å². The molecule has 2 heterocycles. The Bertz CT molecular complexity index is 750. The van der Waals surface area contributed by atoms with E-state index in [0.29, 0.717) is 18.7 Å². The number of carbonyl (C=O) groups is 1. The minimum absolute atomic E-state index is 0.0712. The van der Waals surface area contributed by atoms with Crippen LogP contribution in [0.4, 0.5) is 0 Å². The molecule has 0 spiro atoms. The van der Waals surface area contributed by atoms with Crippen molar-refractivity contribution < 1.29 is 4.79 Å². The van der Waals surface area contributed by atoms with E-state index in [2.05, 4.69) is 26.3 Å². The van der Waals surface area contributed by atoms with E-state index < -0.39 is 0 Å². The summed E-state index contributed by atoms with van der Waals surface area (Å²) < 4.78 is 2.80. The van der Waals surface area contributed by atoms with Crippen molar-refractivity contribution in [2.45, 2.75) is 6.54 Å². The predicted octanol–water partition coefficient (Wildman–Crippen LogP) is 3.80. The Morgan fingerprint density at radius 1 is 1.23 bits per heavy atom. The van der Waals surface area contributed by atoms with E-state index in [1.165, 1.54) is 0 Å². The fourth-order valence-electron chi connectivity index (χ4n) is 2.03. The third kappa shape index (κ3) is 3.64. The molecule has 0 aliphatic rings. The third-order valence-corrected chi connectivity index (χ3v) is 4.57. The number of amides is 1. The first-order valence-electron chi connectivity index (χ1n) is 6.83. The molecule has 0 saturated heterocycles. The molecule has 22 heavy (non-hydrogen) atoms. The van der Waals surface area contributed by atoms with Gasteiger partial charge in [0.2, 0.25) is 0 Å². The highest BCUT2D eigenvalue weighted by atomic mass is 79.9. The smallest absolute Gasteiger partial charge is 0.251 e. The summed E-state index contributed by atoms with van der Waals surface area (Å²) in [5, 5.41) is 9.44. The molecule has 0 radical (unpaired) electrons. The van der Waals surface area contributed by atoms with Gasteiger partial charge in [-0.15, -0.1) is 11.3 Å². The van der Waals surface area contributed by atoms with Crippen LogP contribution in [-0.2, 0) is 6.54 Å². The molecule has 0 unspecified atom stereocenters. The molecule has 0 aliphatic heterocycles. The van der Waals surface area contributed by atoms with E-state index in [9.17, 15) is 4.79 Å². The molecular weight excluding hydrogens is 362 g/mol. The second kappa shape index (κ2) is 6.89. The van der Waals surface area contributed by atoms with Gasteiger partial charge in [-0.2, -0.15) is 5.10 Å². The normalized spacial score (nSPS) is 10.6. The highest BCUT2D eigenvalue weighted by Crippen LogP contribution is 2.22. The van der Waals surface area contributed by atoms with Gasteiger partial charge < -0.3 is 5.32 Å². The van der Waals surface area contributed by atoms with Gasteiger partial charge in [-0.05, 0) is 41.8 Å². The average molecular weight is 376 g/mol. The van der Waals surface area contributed by atoms with E-state index in [1.807, 2.05) is 46.6 Å². The number of aromatic nitrogens is 2. The molecule has 1 amide bonds. The number of hydrogen-bond donors (Lipinski definition) is 1. The van der Waals surface area contributed by atoms with Crippen LogP contribution in [0.5, 0.6) is 0 Å². The number of benzene rings is 1. The lowest BCUT2D eigenvalue weighted by Crippen LogP contribution is -2.27. The van der Waals surface area contributed by atoms with Crippen LogP contribution in [0, 0.1) is 0 Å². The summed E-state index contributed by atoms with van der Waals surface area (Å²) in [4.78, 5) is 13.1. The largest absolute Gasteiger partial charge is 0.350 e. The monoisotopic (exact) mass is 375 g/mol. The summed E-state index contributed by atoms with van der Waals surface area (Å²) in [6.07, 6.45) is 1.93. The van der Waals surface area contributed by atoms with Crippen molar-refractivity contribution in [1.82, 2.24) is 15.1 Å². The Labute approximate surface area is 140 Å². The second-order valence-electron chi connectivity index (χ2n) is 4.70. The van der Waals surface area contributed by atoms with E-state index in [1.54, 1.807) is 23.5 Å². The molecule has 3 aromatic rings. The number of halogens is 1. The van der Waals surface area contributed by atoms with Crippen molar-refractivity contribution in [2.75, 3.05) is 6.54 Å². The molecule has 1 N–H and O–H groups in total. The van der Waals surface area contributed by atoms with E-state index in [0.717, 1.165) is 15.0 Å². The zero-order valence-electron chi connectivity index (χ0n) is 11.7. The maximum atomic E-state index is 12.0. The first-order chi connectivity index (χ1) is 10.7. The van der Waals surface area contributed by atoms with Crippen LogP contribution in [0.25, 0.3) is 10.6 Å². The summed E-state index contributed by atoms with van der Waals surface area (Å²) in [6.45, 7) is 1.19. The van der Waals surface area contributed by atoms with Gasteiger partial charge >= 0.3 is 0 Å². The molecule has 1 aromatic carbocycles. The van der Waals surface area contributed by atoms with E-state index >= 15 is 0 Å². The summed E-state index contributed by atoms with van der Waals surface area (Å²) in [6, 6.07) is 13.3. The minimum Gasteiger partial charge on any atom is -0.350 e. The second-order valence-corrected chi connectivity index (χ2v) is 6.57. The number of hydrogen-bond acceptors (Lipinski definition) is 3. The van der Waals surface area contributed by atoms with Gasteiger partial charge in [0.25, 0.3) is 5.91 Å². The SMILES string of the molecule is O=C(NCCn1ccc(-c2cccs2)n1)c1ccc(Br)cc1. The molecule has 0 fully saturated rings. The maximum Gasteiger partial charge on any atom is 0.251 e.